The summed E-state index contributed by atoms with van der Waals surface area (Å²) in [6.45, 7) is 44.1. The highest BCUT2D eigenvalue weighted by Gasteiger charge is 2.59. The smallest absolute Gasteiger partial charge is 0.319 e. The Morgan fingerprint density at radius 2 is 1.10 bits per heavy atom. The summed E-state index contributed by atoms with van der Waals surface area (Å²) < 4.78 is 46.0. The van der Waals surface area contributed by atoms with Crippen molar-refractivity contribution in [2.75, 3.05) is 4.43 Å². The summed E-state index contributed by atoms with van der Waals surface area (Å²) in [7, 11) is -6.26. The molecule has 2 aliphatic carbocycles. The van der Waals surface area contributed by atoms with Crippen molar-refractivity contribution < 1.29 is 41.8 Å². The van der Waals surface area contributed by atoms with Crippen molar-refractivity contribution in [3.8, 4) is 5.75 Å². The molecule has 8 atom stereocenters. The van der Waals surface area contributed by atoms with Crippen LogP contribution in [-0.2, 0) is 50.2 Å². The van der Waals surface area contributed by atoms with E-state index in [4.69, 9.17) is 55.4 Å². The Morgan fingerprint density at radius 1 is 0.600 bits per heavy atom. The van der Waals surface area contributed by atoms with Gasteiger partial charge < -0.3 is 32.2 Å². The Bertz CT molecular complexity index is 2950. The lowest BCUT2D eigenvalue weighted by Gasteiger charge is -2.43. The van der Waals surface area contributed by atoms with Crippen molar-refractivity contribution in [3.63, 3.8) is 0 Å². The fourth-order valence-corrected chi connectivity index (χ4v) is 21.0. The Labute approximate surface area is 571 Å². The van der Waals surface area contributed by atoms with Gasteiger partial charge in [0.2, 0.25) is 0 Å². The van der Waals surface area contributed by atoms with Crippen LogP contribution in [0.5, 0.6) is 5.75 Å². The molecule has 3 fully saturated rings. The Balaban J connectivity index is 0.000000230. The van der Waals surface area contributed by atoms with E-state index in [0.29, 0.717) is 34.6 Å². The third kappa shape index (κ3) is 19.8. The number of hydrogen-bond acceptors (Lipinski definition) is 9. The van der Waals surface area contributed by atoms with Gasteiger partial charge in [-0.15, -0.1) is 0 Å². The van der Waals surface area contributed by atoms with Gasteiger partial charge in [-0.3, -0.25) is 9.59 Å². The van der Waals surface area contributed by atoms with Crippen LogP contribution in [0.4, 0.5) is 0 Å². The number of carbonyl (C=O) groups excluding carboxylic acids is 2. The predicted molar refractivity (Wildman–Crippen MR) is 391 cm³/mol. The summed E-state index contributed by atoms with van der Waals surface area (Å²) in [6, 6.07) is 32.9. The number of benzene rings is 4. The molecular weight excluding hydrogens is 1330 g/mol. The van der Waals surface area contributed by atoms with E-state index >= 15 is 0 Å². The first-order valence-electron chi connectivity index (χ1n) is 33.6. The van der Waals surface area contributed by atoms with Gasteiger partial charge >= 0.3 is 8.32 Å². The van der Waals surface area contributed by atoms with Crippen LogP contribution in [-0.4, -0.2) is 89.1 Å². The molecule has 0 spiro atoms. The van der Waals surface area contributed by atoms with E-state index in [9.17, 15) is 9.59 Å². The van der Waals surface area contributed by atoms with Gasteiger partial charge in [0.05, 0.1) is 6.10 Å². The van der Waals surface area contributed by atoms with E-state index in [0.717, 1.165) is 46.7 Å². The zero-order valence-corrected chi connectivity index (χ0v) is 65.3. The molecule has 2 heterocycles. The quantitative estimate of drug-likeness (QED) is 0.0278. The Morgan fingerprint density at radius 3 is 1.60 bits per heavy atom. The van der Waals surface area contributed by atoms with E-state index < -0.39 is 48.7 Å². The summed E-state index contributed by atoms with van der Waals surface area (Å²) in [5.41, 5.74) is 3.70. The predicted octanol–water partition coefficient (Wildman–Crippen LogP) is 19.9. The van der Waals surface area contributed by atoms with E-state index in [1.807, 2.05) is 76.2 Å². The molecule has 8 rings (SSSR count). The molecule has 2 aliphatic heterocycles. The van der Waals surface area contributed by atoms with Crippen molar-refractivity contribution in [2.45, 2.75) is 284 Å². The van der Waals surface area contributed by atoms with Gasteiger partial charge in [-0.2, -0.15) is 0 Å². The molecule has 0 unspecified atom stereocenters. The maximum absolute atomic E-state index is 13.6. The second-order valence-corrected chi connectivity index (χ2v) is 46.4. The van der Waals surface area contributed by atoms with Gasteiger partial charge in [0.15, 0.2) is 45.9 Å². The summed E-state index contributed by atoms with van der Waals surface area (Å²) in [5.74, 6) is -0.668. The van der Waals surface area contributed by atoms with Crippen LogP contribution >= 0.6 is 45.8 Å². The molecule has 4 aromatic carbocycles. The zero-order chi connectivity index (χ0) is 66.8. The highest BCUT2D eigenvalue weighted by atomic mass is 127. The largest absolute Gasteiger partial charge is 0.534 e. The lowest BCUT2D eigenvalue weighted by molar-refractivity contribution is -0.167. The summed E-state index contributed by atoms with van der Waals surface area (Å²) in [6.07, 6.45) is 15.0. The third-order valence-corrected chi connectivity index (χ3v) is 34.9. The van der Waals surface area contributed by atoms with Crippen molar-refractivity contribution in [1.82, 2.24) is 0 Å². The first-order valence-corrected chi connectivity index (χ1v) is 43.7. The number of carbonyl (C=O) groups is 2. The lowest BCUT2D eigenvalue weighted by Crippen LogP contribution is -2.68. The molecule has 9 nitrogen and oxygen atoms in total. The number of Topliss-reactive ketones (excluding diaryl/α,β-unsaturated/α-hetero) is 2. The summed E-state index contributed by atoms with van der Waals surface area (Å²) >= 11 is 15.7. The van der Waals surface area contributed by atoms with Crippen LogP contribution in [0.2, 0.25) is 51.3 Å². The lowest BCUT2D eigenvalue weighted by atomic mass is 9.84. The minimum Gasteiger partial charge on any atom is -0.534 e. The SMILES string of the molecule is CC1(C)O[C@H]2C=C(Cc3cc(O[Si](c4ccccc4)(c4ccccc4)C(C)(C)C)ccc3Cl)C(=O)[C@H]2O1.CCCCC[C@@H](CCI)O[Si](C)(C)C(C)(C)C.CCCCC[C@@H](CC[C@H]1[C@@H]2OC(C)(C)O[C@@H]2C(=O)[C@@H]1Cc1cc(C)ccc1Cl)O[Si](C)(C)C(C)(C)C. The highest BCUT2D eigenvalue weighted by molar-refractivity contribution is 14.1. The number of alkyl halides is 1. The van der Waals surface area contributed by atoms with Gasteiger partial charge in [0.25, 0.3) is 0 Å². The molecule has 1 saturated carbocycles. The molecule has 0 amide bonds. The normalized spacial score (nSPS) is 22.2. The number of rotatable bonds is 25. The van der Waals surface area contributed by atoms with Gasteiger partial charge in [-0.05, 0) is 172 Å². The van der Waals surface area contributed by atoms with Crippen LogP contribution in [0.1, 0.15) is 191 Å². The first kappa shape index (κ1) is 76.5. The van der Waals surface area contributed by atoms with Crippen LogP contribution in [0.25, 0.3) is 0 Å². The van der Waals surface area contributed by atoms with E-state index in [1.165, 1.54) is 66.2 Å². The fraction of sp³-hybridized carbons (Fsp3) is 0.627. The molecule has 4 aliphatic rings. The molecule has 0 bridgehead atoms. The topological polar surface area (TPSA) is 98.8 Å². The molecule has 500 valence electrons. The van der Waals surface area contributed by atoms with Crippen molar-refractivity contribution >= 4 is 92.7 Å². The average molecular weight is 1440 g/mol. The second-order valence-electron chi connectivity index (χ2n) is 30.8. The van der Waals surface area contributed by atoms with Crippen molar-refractivity contribution in [3.05, 3.63) is 135 Å². The van der Waals surface area contributed by atoms with Gasteiger partial charge in [-0.1, -0.05) is 239 Å². The summed E-state index contributed by atoms with van der Waals surface area (Å²) in [4.78, 5) is 26.7. The standard InChI is InChI=1S/C31H33ClO4Si.C30H49ClO4Si.C14H31IOSi/c1-30(2,3)37(24-12-8-6-9-13-24,25-14-10-7-11-15-25)36-23-16-17-26(32)21(19-23)18-22-20-27-29(28(22)33)35-31(4,5)34-27;1-10-11-12-13-22(35-36(8,9)29(3,4)5)15-16-23-24(19-21-18-20(2)14-17-25(21)31)26(32)28-27(23)33-30(6,7)34-28;1-7-8-9-10-13(11-12-15)16-17(5,6)14(2,3)4/h6-17,19-20,27,29H,18H2,1-5H3;14,17-18,22-24,27-28H,10-13,15-16,19H2,1-9H3;13H,7-12H2,1-6H3/t27-,29-;22-,23+,24+,27-,28+;13-/m000/s1. The number of ether oxygens (including phenoxy) is 4. The molecule has 15 heteroatoms. The average Bonchev–Trinajstić information content (AvgIpc) is 0.962. The molecule has 2 saturated heterocycles. The minimum atomic E-state index is -2.79. The van der Waals surface area contributed by atoms with Crippen LogP contribution < -0.4 is 14.8 Å². The molecule has 0 N–H and O–H groups in total. The number of aryl methyl sites for hydroxylation is 1. The number of ketones is 2. The third-order valence-electron chi connectivity index (χ3n) is 19.6. The van der Waals surface area contributed by atoms with E-state index in [1.54, 1.807) is 0 Å². The Hall–Kier alpha value is -2.52. The first-order chi connectivity index (χ1) is 41.9. The molecule has 0 aromatic heterocycles. The molecular formula is C75H113Cl2IO9Si3. The summed E-state index contributed by atoms with van der Waals surface area (Å²) in [5, 5.41) is 4.06. The maximum atomic E-state index is 13.6. The molecule has 4 aromatic rings. The van der Waals surface area contributed by atoms with E-state index in [2.05, 4.69) is 186 Å². The monoisotopic (exact) mass is 1440 g/mol. The van der Waals surface area contributed by atoms with Crippen molar-refractivity contribution in [1.29, 1.82) is 0 Å². The van der Waals surface area contributed by atoms with Gasteiger partial charge in [0.1, 0.15) is 18.0 Å². The molecule has 0 radical (unpaired) electrons. The van der Waals surface area contributed by atoms with Crippen LogP contribution in [0.3, 0.4) is 0 Å². The maximum Gasteiger partial charge on any atom is 0.319 e. The number of hydrogen-bond donors (Lipinski definition) is 0. The molecule has 90 heavy (non-hydrogen) atoms. The van der Waals surface area contributed by atoms with Gasteiger partial charge in [-0.25, -0.2) is 0 Å². The fourth-order valence-electron chi connectivity index (χ4n) is 12.6. The Kier molecular flexibility index (Phi) is 27.2. The van der Waals surface area contributed by atoms with Crippen molar-refractivity contribution in [2.24, 2.45) is 11.8 Å². The number of unbranched alkanes of at least 4 members (excludes halogenated alkanes) is 4. The van der Waals surface area contributed by atoms with Gasteiger partial charge in [0, 0.05) is 44.6 Å². The zero-order valence-electron chi connectivity index (χ0n) is 58.6. The number of fused-ring (bicyclic) bond motifs is 2. The highest BCUT2D eigenvalue weighted by Crippen LogP contribution is 2.48. The minimum absolute atomic E-state index is 0.0371. The van der Waals surface area contributed by atoms with Crippen LogP contribution in [0.15, 0.2) is 109 Å². The number of halogens is 3. The van der Waals surface area contributed by atoms with E-state index in [-0.39, 0.29) is 51.8 Å². The second kappa shape index (κ2) is 32.0. The van der Waals surface area contributed by atoms with Crippen LogP contribution in [0, 0.1) is 18.8 Å².